The van der Waals surface area contributed by atoms with Gasteiger partial charge in [0.25, 0.3) is 5.91 Å². The molecule has 2 heterocycles. The Hall–Kier alpha value is -2.59. The first-order valence-corrected chi connectivity index (χ1v) is 7.60. The molecule has 116 valence electrons. The van der Waals surface area contributed by atoms with E-state index in [2.05, 4.69) is 10.3 Å². The predicted octanol–water partition coefficient (Wildman–Crippen LogP) is 4.39. The second-order valence-corrected chi connectivity index (χ2v) is 5.72. The van der Waals surface area contributed by atoms with Crippen LogP contribution in [0.1, 0.15) is 21.7 Å². The monoisotopic (exact) mass is 325 g/mol. The second-order valence-electron chi connectivity index (χ2n) is 5.29. The molecule has 1 amide bonds. The second kappa shape index (κ2) is 6.26. The smallest absolute Gasteiger partial charge is 0.257 e. The fourth-order valence-corrected chi connectivity index (χ4v) is 2.74. The Bertz CT molecular complexity index is 839. The van der Waals surface area contributed by atoms with Crippen molar-refractivity contribution in [1.29, 1.82) is 0 Å². The number of carbonyl (C=O) groups excluding carboxylic acids is 1. The zero-order chi connectivity index (χ0) is 16.4. The molecule has 0 radical (unpaired) electrons. The van der Waals surface area contributed by atoms with Crippen LogP contribution in [0.2, 0.25) is 5.02 Å². The average molecular weight is 326 g/mol. The van der Waals surface area contributed by atoms with Crippen LogP contribution in [-0.2, 0) is 0 Å². The minimum absolute atomic E-state index is 0.135. The number of anilines is 1. The Labute approximate surface area is 139 Å². The van der Waals surface area contributed by atoms with Gasteiger partial charge in [0.05, 0.1) is 5.56 Å². The van der Waals surface area contributed by atoms with Crippen molar-refractivity contribution in [3.05, 3.63) is 76.8 Å². The van der Waals surface area contributed by atoms with Gasteiger partial charge in [0, 0.05) is 40.2 Å². The lowest BCUT2D eigenvalue weighted by molar-refractivity contribution is 0.102. The van der Waals surface area contributed by atoms with Crippen LogP contribution in [0, 0.1) is 13.8 Å². The summed E-state index contributed by atoms with van der Waals surface area (Å²) in [7, 11) is 0. The lowest BCUT2D eigenvalue weighted by Crippen LogP contribution is -2.13. The van der Waals surface area contributed by atoms with E-state index in [1.165, 1.54) is 0 Å². The zero-order valence-corrected chi connectivity index (χ0v) is 13.6. The number of hydrogen-bond donors (Lipinski definition) is 1. The number of rotatable bonds is 3. The van der Waals surface area contributed by atoms with Crippen molar-refractivity contribution in [3.63, 3.8) is 0 Å². The summed E-state index contributed by atoms with van der Waals surface area (Å²) in [5.41, 5.74) is 4.23. The van der Waals surface area contributed by atoms with E-state index in [1.54, 1.807) is 24.5 Å². The molecule has 0 fully saturated rings. The highest BCUT2D eigenvalue weighted by molar-refractivity contribution is 6.30. The van der Waals surface area contributed by atoms with E-state index in [0.717, 1.165) is 22.8 Å². The molecule has 1 N–H and O–H groups in total. The fraction of sp³-hybridized carbons (Fsp3) is 0.111. The van der Waals surface area contributed by atoms with Gasteiger partial charge in [-0.2, -0.15) is 0 Å². The van der Waals surface area contributed by atoms with Gasteiger partial charge in [0.1, 0.15) is 0 Å². The van der Waals surface area contributed by atoms with Crippen molar-refractivity contribution in [2.45, 2.75) is 13.8 Å². The third-order valence-corrected chi connectivity index (χ3v) is 3.95. The quantitative estimate of drug-likeness (QED) is 0.776. The van der Waals surface area contributed by atoms with Crippen LogP contribution in [0.15, 0.2) is 54.9 Å². The van der Waals surface area contributed by atoms with Gasteiger partial charge in [0.15, 0.2) is 0 Å². The van der Waals surface area contributed by atoms with Gasteiger partial charge in [-0.3, -0.25) is 9.78 Å². The third-order valence-electron chi connectivity index (χ3n) is 3.70. The van der Waals surface area contributed by atoms with E-state index in [1.807, 2.05) is 48.7 Å². The number of halogens is 1. The van der Waals surface area contributed by atoms with Crippen LogP contribution < -0.4 is 5.32 Å². The maximum absolute atomic E-state index is 12.5. The van der Waals surface area contributed by atoms with Crippen LogP contribution in [0.25, 0.3) is 5.69 Å². The number of benzene rings is 1. The molecule has 0 atom stereocenters. The highest BCUT2D eigenvalue weighted by atomic mass is 35.5. The van der Waals surface area contributed by atoms with Gasteiger partial charge >= 0.3 is 0 Å². The molecule has 0 aliphatic heterocycles. The Morgan fingerprint density at radius 2 is 1.74 bits per heavy atom. The molecule has 0 aliphatic rings. The first-order valence-electron chi connectivity index (χ1n) is 7.22. The molecular weight excluding hydrogens is 310 g/mol. The first-order chi connectivity index (χ1) is 11.1. The molecule has 4 nitrogen and oxygen atoms in total. The number of aryl methyl sites for hydroxylation is 1. The molecule has 0 saturated heterocycles. The van der Waals surface area contributed by atoms with Gasteiger partial charge in [-0.05, 0) is 56.3 Å². The molecule has 0 aliphatic carbocycles. The van der Waals surface area contributed by atoms with Crippen LogP contribution in [-0.4, -0.2) is 15.5 Å². The molecule has 2 aromatic heterocycles. The van der Waals surface area contributed by atoms with Gasteiger partial charge in [0.2, 0.25) is 0 Å². The third kappa shape index (κ3) is 3.12. The molecule has 0 bridgehead atoms. The topological polar surface area (TPSA) is 46.9 Å². The number of nitrogens with one attached hydrogen (secondary N) is 1. The normalized spacial score (nSPS) is 10.6. The maximum atomic E-state index is 12.5. The zero-order valence-electron chi connectivity index (χ0n) is 12.9. The summed E-state index contributed by atoms with van der Waals surface area (Å²) in [4.78, 5) is 16.5. The van der Waals surface area contributed by atoms with Gasteiger partial charge in [-0.25, -0.2) is 0 Å². The summed E-state index contributed by atoms with van der Waals surface area (Å²) in [6.07, 6.45) is 3.29. The van der Waals surface area contributed by atoms with Crippen LogP contribution in [0.3, 0.4) is 0 Å². The van der Waals surface area contributed by atoms with E-state index in [4.69, 9.17) is 11.6 Å². The van der Waals surface area contributed by atoms with Crippen LogP contribution in [0.5, 0.6) is 0 Å². The number of aromatic nitrogens is 2. The van der Waals surface area contributed by atoms with Crippen molar-refractivity contribution in [3.8, 4) is 5.69 Å². The molecule has 0 spiro atoms. The predicted molar refractivity (Wildman–Crippen MR) is 92.4 cm³/mol. The molecule has 0 unspecified atom stereocenters. The summed E-state index contributed by atoms with van der Waals surface area (Å²) in [6, 6.07) is 13.0. The van der Waals surface area contributed by atoms with Gasteiger partial charge in [-0.1, -0.05) is 11.6 Å². The Morgan fingerprint density at radius 3 is 2.39 bits per heavy atom. The van der Waals surface area contributed by atoms with E-state index in [-0.39, 0.29) is 5.91 Å². The lowest BCUT2D eigenvalue weighted by atomic mass is 10.2. The number of pyridine rings is 1. The largest absolute Gasteiger partial charge is 0.322 e. The number of carbonyl (C=O) groups is 1. The molecule has 3 aromatic rings. The molecule has 1 aromatic carbocycles. The SMILES string of the molecule is Cc1cc(C(=O)Nc2ccncc2)c(C)n1-c1ccc(Cl)cc1. The van der Waals surface area contributed by atoms with E-state index in [0.29, 0.717) is 10.6 Å². The first kappa shape index (κ1) is 15.3. The van der Waals surface area contributed by atoms with Crippen molar-refractivity contribution < 1.29 is 4.79 Å². The summed E-state index contributed by atoms with van der Waals surface area (Å²) in [5.74, 6) is -0.135. The average Bonchev–Trinajstić information content (AvgIpc) is 2.84. The van der Waals surface area contributed by atoms with E-state index < -0.39 is 0 Å². The van der Waals surface area contributed by atoms with Crippen molar-refractivity contribution in [1.82, 2.24) is 9.55 Å². The molecule has 0 saturated carbocycles. The summed E-state index contributed by atoms with van der Waals surface area (Å²) < 4.78 is 2.04. The summed E-state index contributed by atoms with van der Waals surface area (Å²) in [5, 5.41) is 3.57. The summed E-state index contributed by atoms with van der Waals surface area (Å²) >= 11 is 5.95. The molecule has 23 heavy (non-hydrogen) atoms. The highest BCUT2D eigenvalue weighted by Gasteiger charge is 2.16. The molecular formula is C18H16ClN3O. The fourth-order valence-electron chi connectivity index (χ4n) is 2.61. The van der Waals surface area contributed by atoms with Crippen LogP contribution in [0.4, 0.5) is 5.69 Å². The Balaban J connectivity index is 1.94. The minimum atomic E-state index is -0.135. The highest BCUT2D eigenvalue weighted by Crippen LogP contribution is 2.23. The minimum Gasteiger partial charge on any atom is -0.322 e. The van der Waals surface area contributed by atoms with Crippen molar-refractivity contribution in [2.24, 2.45) is 0 Å². The maximum Gasteiger partial charge on any atom is 0.257 e. The van der Waals surface area contributed by atoms with Gasteiger partial charge in [-0.15, -0.1) is 0 Å². The van der Waals surface area contributed by atoms with Gasteiger partial charge < -0.3 is 9.88 Å². The van der Waals surface area contributed by atoms with E-state index in [9.17, 15) is 4.79 Å². The van der Waals surface area contributed by atoms with Crippen LogP contribution >= 0.6 is 11.6 Å². The summed E-state index contributed by atoms with van der Waals surface area (Å²) in [6.45, 7) is 3.91. The Morgan fingerprint density at radius 1 is 1.09 bits per heavy atom. The number of nitrogens with zero attached hydrogens (tertiary/aromatic N) is 2. The number of amides is 1. The standard InChI is InChI=1S/C18H16ClN3O/c1-12-11-17(18(23)21-15-7-9-20-10-8-15)13(2)22(12)16-5-3-14(19)4-6-16/h3-11H,1-2H3,(H,20,21,23). The van der Waals surface area contributed by atoms with Crippen molar-refractivity contribution >= 4 is 23.2 Å². The van der Waals surface area contributed by atoms with Crippen molar-refractivity contribution in [2.75, 3.05) is 5.32 Å². The van der Waals surface area contributed by atoms with E-state index >= 15 is 0 Å². The lowest BCUT2D eigenvalue weighted by Gasteiger charge is -2.10. The molecule has 3 rings (SSSR count). The Kier molecular flexibility index (Phi) is 4.17. The molecule has 5 heteroatoms. The number of hydrogen-bond acceptors (Lipinski definition) is 2.